The highest BCUT2D eigenvalue weighted by Crippen LogP contribution is 2.53. The van der Waals surface area contributed by atoms with Crippen molar-refractivity contribution in [3.63, 3.8) is 0 Å². The number of ether oxygens (including phenoxy) is 4. The fraction of sp³-hybridized carbons (Fsp3) is 0.273. The first-order valence-corrected chi connectivity index (χ1v) is 13.5. The number of nitrogens with one attached hydrogen (secondary N) is 1. The highest BCUT2D eigenvalue weighted by atomic mass is 16.7. The number of Topliss-reactive ketones (excluding diaryl/α,β-unsaturated/α-hetero) is 1. The van der Waals surface area contributed by atoms with Crippen LogP contribution in [0.15, 0.2) is 83.6 Å². The normalized spacial score (nSPS) is 20.6. The second kappa shape index (κ2) is 10.0. The lowest BCUT2D eigenvalue weighted by molar-refractivity contribution is -0.118. The van der Waals surface area contributed by atoms with Gasteiger partial charge in [0.2, 0.25) is 6.79 Å². The van der Waals surface area contributed by atoms with Gasteiger partial charge in [0.1, 0.15) is 23.1 Å². The van der Waals surface area contributed by atoms with Crippen molar-refractivity contribution in [2.45, 2.75) is 32.6 Å². The fourth-order valence-electron chi connectivity index (χ4n) is 6.03. The molecule has 1 atom stereocenters. The molecule has 0 saturated heterocycles. The van der Waals surface area contributed by atoms with E-state index < -0.39 is 5.92 Å². The lowest BCUT2D eigenvalue weighted by Crippen LogP contribution is -2.45. The summed E-state index contributed by atoms with van der Waals surface area (Å²) in [6, 6.07) is 20.0. The van der Waals surface area contributed by atoms with Gasteiger partial charge in [-0.05, 0) is 41.7 Å². The summed E-state index contributed by atoms with van der Waals surface area (Å²) in [5.41, 5.74) is 3.04. The van der Waals surface area contributed by atoms with Crippen molar-refractivity contribution in [1.29, 1.82) is 5.41 Å². The van der Waals surface area contributed by atoms with Crippen LogP contribution in [0.1, 0.15) is 43.7 Å². The predicted molar refractivity (Wildman–Crippen MR) is 156 cm³/mol. The van der Waals surface area contributed by atoms with Crippen molar-refractivity contribution in [1.82, 2.24) is 0 Å². The Labute approximate surface area is 238 Å². The smallest absolute Gasteiger partial charge is 0.231 e. The molecule has 210 valence electrons. The molecule has 6 rings (SSSR count). The monoisotopic (exact) mass is 552 g/mol. The Bertz CT molecular complexity index is 1620. The molecule has 2 N–H and O–H groups in total. The molecule has 3 aromatic carbocycles. The van der Waals surface area contributed by atoms with Crippen LogP contribution in [0.2, 0.25) is 0 Å². The number of carbonyl (C=O) groups is 1. The van der Waals surface area contributed by atoms with E-state index in [9.17, 15) is 15.3 Å². The van der Waals surface area contributed by atoms with E-state index >= 15 is 0 Å². The van der Waals surface area contributed by atoms with Crippen LogP contribution in [0.5, 0.6) is 23.0 Å². The first-order chi connectivity index (χ1) is 19.7. The number of carbonyl (C=O) groups excluding carboxylic acids is 1. The lowest BCUT2D eigenvalue weighted by atomic mass is 9.67. The number of fused-ring (bicyclic) bond motifs is 1. The van der Waals surface area contributed by atoms with Crippen LogP contribution in [0.4, 0.5) is 5.69 Å². The summed E-state index contributed by atoms with van der Waals surface area (Å²) in [4.78, 5) is 15.9. The molecule has 8 heteroatoms. The van der Waals surface area contributed by atoms with Crippen LogP contribution in [0, 0.1) is 10.8 Å². The van der Waals surface area contributed by atoms with Gasteiger partial charge in [0.05, 0.1) is 19.9 Å². The molecule has 0 aromatic heterocycles. The van der Waals surface area contributed by atoms with E-state index in [1.54, 1.807) is 49.5 Å². The number of benzene rings is 3. The minimum atomic E-state index is -0.705. The zero-order valence-corrected chi connectivity index (χ0v) is 23.5. The van der Waals surface area contributed by atoms with E-state index in [2.05, 4.69) is 13.8 Å². The van der Waals surface area contributed by atoms with Crippen molar-refractivity contribution < 1.29 is 28.8 Å². The molecule has 2 heterocycles. The second-order valence-electron chi connectivity index (χ2n) is 11.2. The number of allylic oxidation sites excluding steroid dienone is 2. The Hall–Kier alpha value is -4.72. The van der Waals surface area contributed by atoms with Gasteiger partial charge in [-0.15, -0.1) is 0 Å². The van der Waals surface area contributed by atoms with Gasteiger partial charge in [0.15, 0.2) is 17.3 Å². The van der Waals surface area contributed by atoms with Crippen LogP contribution >= 0.6 is 0 Å². The van der Waals surface area contributed by atoms with E-state index in [4.69, 9.17) is 18.9 Å². The van der Waals surface area contributed by atoms with E-state index in [1.165, 1.54) is 0 Å². The molecule has 0 spiro atoms. The van der Waals surface area contributed by atoms with Crippen LogP contribution in [-0.2, 0) is 4.79 Å². The molecular weight excluding hydrogens is 520 g/mol. The molecular formula is C33H32N2O6. The highest BCUT2D eigenvalue weighted by Gasteiger charge is 2.47. The average molecular weight is 553 g/mol. The van der Waals surface area contributed by atoms with Gasteiger partial charge < -0.3 is 24.1 Å². The van der Waals surface area contributed by atoms with E-state index in [0.29, 0.717) is 63.9 Å². The number of aliphatic hydroxyl groups is 1. The van der Waals surface area contributed by atoms with Gasteiger partial charge >= 0.3 is 0 Å². The summed E-state index contributed by atoms with van der Waals surface area (Å²) in [6.45, 7) is 4.23. The van der Waals surface area contributed by atoms with Crippen molar-refractivity contribution in [3.05, 3.63) is 94.7 Å². The number of hydrogen-bond donors (Lipinski definition) is 2. The Morgan fingerprint density at radius 1 is 0.976 bits per heavy atom. The highest BCUT2D eigenvalue weighted by molar-refractivity contribution is 6.20. The van der Waals surface area contributed by atoms with E-state index in [0.717, 1.165) is 5.56 Å². The number of anilines is 1. The molecule has 8 nitrogen and oxygen atoms in total. The summed E-state index contributed by atoms with van der Waals surface area (Å²) < 4.78 is 22.5. The number of hydrogen-bond acceptors (Lipinski definition) is 7. The number of amidine groups is 1. The van der Waals surface area contributed by atoms with Crippen molar-refractivity contribution in [3.8, 4) is 23.0 Å². The number of nitrogens with zero attached hydrogens (tertiary/aromatic N) is 1. The predicted octanol–water partition coefficient (Wildman–Crippen LogP) is 6.63. The third-order valence-electron chi connectivity index (χ3n) is 7.88. The zero-order valence-electron chi connectivity index (χ0n) is 23.5. The number of methoxy groups -OCH3 is 2. The molecule has 3 aromatic rings. The molecule has 0 radical (unpaired) electrons. The van der Waals surface area contributed by atoms with Crippen molar-refractivity contribution in [2.75, 3.05) is 25.9 Å². The maximum atomic E-state index is 14.2. The van der Waals surface area contributed by atoms with Crippen LogP contribution in [0.25, 0.3) is 5.76 Å². The Balaban J connectivity index is 1.69. The largest absolute Gasteiger partial charge is 0.507 e. The fourth-order valence-corrected chi connectivity index (χ4v) is 6.03. The first-order valence-electron chi connectivity index (χ1n) is 13.5. The maximum Gasteiger partial charge on any atom is 0.231 e. The number of ketones is 1. The second-order valence-corrected chi connectivity index (χ2v) is 11.2. The van der Waals surface area contributed by atoms with Gasteiger partial charge in [-0.3, -0.25) is 15.1 Å². The van der Waals surface area contributed by atoms with Gasteiger partial charge in [0.25, 0.3) is 0 Å². The van der Waals surface area contributed by atoms with Crippen LogP contribution < -0.4 is 23.8 Å². The lowest BCUT2D eigenvalue weighted by Gasteiger charge is -2.45. The van der Waals surface area contributed by atoms with E-state index in [1.807, 2.05) is 36.4 Å². The van der Waals surface area contributed by atoms with Crippen molar-refractivity contribution in [2.24, 2.45) is 5.41 Å². The third-order valence-corrected chi connectivity index (χ3v) is 7.88. The summed E-state index contributed by atoms with van der Waals surface area (Å²) >= 11 is 0. The average Bonchev–Trinajstić information content (AvgIpc) is 3.44. The minimum Gasteiger partial charge on any atom is -0.507 e. The Morgan fingerprint density at radius 2 is 1.73 bits per heavy atom. The minimum absolute atomic E-state index is 0.0309. The maximum absolute atomic E-state index is 14.2. The Kier molecular flexibility index (Phi) is 6.49. The molecule has 0 fully saturated rings. The quantitative estimate of drug-likeness (QED) is 0.343. The summed E-state index contributed by atoms with van der Waals surface area (Å²) in [5.74, 6) is 1.51. The molecule has 0 saturated carbocycles. The van der Waals surface area contributed by atoms with Gasteiger partial charge in [-0.2, -0.15) is 0 Å². The summed E-state index contributed by atoms with van der Waals surface area (Å²) in [6.07, 6.45) is 0.875. The van der Waals surface area contributed by atoms with Crippen LogP contribution in [0.3, 0.4) is 0 Å². The molecule has 2 aliphatic heterocycles. The third kappa shape index (κ3) is 4.49. The molecule has 0 amide bonds. The van der Waals surface area contributed by atoms with Gasteiger partial charge in [-0.1, -0.05) is 50.2 Å². The summed E-state index contributed by atoms with van der Waals surface area (Å²) in [5, 5.41) is 21.6. The molecule has 0 unspecified atom stereocenters. The standard InChI is InChI=1S/C33H32N2O6/c1-33(2)16-23-29(24(36)17-33)28(20-10-12-26-27(14-20)41-18-40-26)30(31(37)19-8-6-5-7-9-19)32(34)35(23)22-15-21(38-3)11-13-25(22)39-4/h5-15,28,34,37H,16-18H2,1-4H3/t28-/m0/s1. The van der Waals surface area contributed by atoms with Crippen molar-refractivity contribution >= 4 is 23.1 Å². The van der Waals surface area contributed by atoms with Crippen LogP contribution in [-0.4, -0.2) is 37.7 Å². The molecule has 3 aliphatic rings. The van der Waals surface area contributed by atoms with E-state index in [-0.39, 0.29) is 29.6 Å². The Morgan fingerprint density at radius 3 is 2.46 bits per heavy atom. The zero-order chi connectivity index (χ0) is 28.9. The first kappa shape index (κ1) is 26.5. The SMILES string of the molecule is COc1ccc(OC)c(N2C(=N)C(=C(O)c3ccccc3)[C@@H](c3ccc4c(c3)OCO4)C3=C2CC(C)(C)CC3=O)c1. The number of aliphatic hydroxyl groups excluding tert-OH is 1. The van der Waals surface area contributed by atoms with Gasteiger partial charge in [0, 0.05) is 40.8 Å². The molecule has 1 aliphatic carbocycles. The molecule has 0 bridgehead atoms. The topological polar surface area (TPSA) is 101 Å². The number of rotatable bonds is 5. The molecule has 41 heavy (non-hydrogen) atoms. The van der Waals surface area contributed by atoms with Gasteiger partial charge in [-0.25, -0.2) is 0 Å². The summed E-state index contributed by atoms with van der Waals surface area (Å²) in [7, 11) is 3.14.